The molecule has 0 heterocycles. The van der Waals surface area contributed by atoms with E-state index in [1.807, 2.05) is 26.6 Å². The minimum atomic E-state index is -1.74. The molecule has 0 amide bonds. The van der Waals surface area contributed by atoms with E-state index in [-0.39, 0.29) is 11.9 Å². The minimum Gasteiger partial charge on any atom is -0.520 e. The molecule has 0 aromatic rings. The molecular weight excluding hydrogens is 236 g/mol. The molecule has 96 valence electrons. The lowest BCUT2D eigenvalue weighted by atomic mass is 10.1. The summed E-state index contributed by atoms with van der Waals surface area (Å²) in [6.07, 6.45) is 0.758. The summed E-state index contributed by atoms with van der Waals surface area (Å²) < 4.78 is 11.2. The van der Waals surface area contributed by atoms with E-state index >= 15 is 0 Å². The van der Waals surface area contributed by atoms with Crippen molar-refractivity contribution < 1.29 is 13.6 Å². The van der Waals surface area contributed by atoms with E-state index < -0.39 is 16.6 Å². The Kier molecular flexibility index (Phi) is 5.93. The maximum absolute atomic E-state index is 11.7. The molecule has 0 spiro atoms. The molecule has 0 aliphatic carbocycles. The Morgan fingerprint density at radius 3 is 1.94 bits per heavy atom. The van der Waals surface area contributed by atoms with Gasteiger partial charge in [0.05, 0.1) is 5.92 Å². The van der Waals surface area contributed by atoms with Crippen LogP contribution in [0.1, 0.15) is 13.3 Å². The highest BCUT2D eigenvalue weighted by Crippen LogP contribution is 2.12. The second-order valence-electron chi connectivity index (χ2n) is 6.18. The predicted molar refractivity (Wildman–Crippen MR) is 72.5 cm³/mol. The lowest BCUT2D eigenvalue weighted by molar-refractivity contribution is -0.139. The summed E-state index contributed by atoms with van der Waals surface area (Å²) in [5, 5.41) is 0. The lowest BCUT2D eigenvalue weighted by Gasteiger charge is -2.22. The molecule has 0 aliphatic rings. The van der Waals surface area contributed by atoms with Gasteiger partial charge in [-0.2, -0.15) is 0 Å². The average molecular weight is 262 g/mol. The number of hydrogen-bond acceptors (Lipinski definition) is 3. The third-order valence-corrected chi connectivity index (χ3v) is 3.78. The fraction of sp³-hybridized carbons (Fsp3) is 0.909. The van der Waals surface area contributed by atoms with Crippen molar-refractivity contribution in [3.63, 3.8) is 0 Å². The third-order valence-electron chi connectivity index (χ3n) is 1.90. The predicted octanol–water partition coefficient (Wildman–Crippen LogP) is 3.24. The maximum atomic E-state index is 11.7. The van der Waals surface area contributed by atoms with Gasteiger partial charge in [0.15, 0.2) is 8.32 Å². The number of carbonyl (C=O) groups excluding carboxylic acids is 1. The van der Waals surface area contributed by atoms with Gasteiger partial charge in [-0.1, -0.05) is 6.92 Å². The first-order valence-electron chi connectivity index (χ1n) is 5.88. The molecule has 0 aliphatic heterocycles. The first kappa shape index (κ1) is 15.9. The van der Waals surface area contributed by atoms with Gasteiger partial charge in [0, 0.05) is 6.61 Å². The van der Waals surface area contributed by atoms with E-state index in [2.05, 4.69) is 19.6 Å². The molecule has 0 rings (SSSR count). The third kappa shape index (κ3) is 9.12. The van der Waals surface area contributed by atoms with Crippen molar-refractivity contribution in [3.05, 3.63) is 0 Å². The van der Waals surface area contributed by atoms with E-state index in [0.717, 1.165) is 6.42 Å². The maximum Gasteiger partial charge on any atom is 0.295 e. The van der Waals surface area contributed by atoms with Gasteiger partial charge < -0.3 is 8.85 Å². The van der Waals surface area contributed by atoms with Crippen LogP contribution in [0, 0.1) is 5.92 Å². The molecule has 5 heteroatoms. The first-order chi connectivity index (χ1) is 7.01. The van der Waals surface area contributed by atoms with Crippen LogP contribution in [-0.4, -0.2) is 29.2 Å². The smallest absolute Gasteiger partial charge is 0.295 e. The summed E-state index contributed by atoms with van der Waals surface area (Å²) >= 11 is 0. The first-order valence-corrected chi connectivity index (χ1v) is 12.7. The summed E-state index contributed by atoms with van der Waals surface area (Å²) in [5.41, 5.74) is 0. The van der Waals surface area contributed by atoms with E-state index in [1.165, 1.54) is 0 Å². The van der Waals surface area contributed by atoms with Gasteiger partial charge in [-0.05, 0) is 45.7 Å². The number of rotatable bonds is 6. The van der Waals surface area contributed by atoms with Crippen LogP contribution in [0.2, 0.25) is 39.3 Å². The lowest BCUT2D eigenvalue weighted by Crippen LogP contribution is -2.33. The quantitative estimate of drug-likeness (QED) is 0.689. The molecule has 0 fully saturated rings. The molecule has 16 heavy (non-hydrogen) atoms. The molecule has 1 unspecified atom stereocenters. The largest absolute Gasteiger partial charge is 0.520 e. The van der Waals surface area contributed by atoms with Gasteiger partial charge in [-0.25, -0.2) is 0 Å². The van der Waals surface area contributed by atoms with Crippen LogP contribution in [0.15, 0.2) is 0 Å². The fourth-order valence-corrected chi connectivity index (χ4v) is 2.60. The van der Waals surface area contributed by atoms with Gasteiger partial charge in [-0.15, -0.1) is 0 Å². The second kappa shape index (κ2) is 5.98. The van der Waals surface area contributed by atoms with Crippen LogP contribution in [0.5, 0.6) is 0 Å². The Bertz CT molecular complexity index is 228. The normalized spacial score (nSPS) is 14.7. The molecular formula is C11H26O3Si2. The highest BCUT2D eigenvalue weighted by atomic mass is 28.4. The van der Waals surface area contributed by atoms with E-state index in [9.17, 15) is 4.79 Å². The van der Waals surface area contributed by atoms with Crippen molar-refractivity contribution in [2.45, 2.75) is 52.6 Å². The van der Waals surface area contributed by atoms with Gasteiger partial charge in [0.2, 0.25) is 8.32 Å². The average Bonchev–Trinajstić information content (AvgIpc) is 1.98. The molecule has 0 aromatic heterocycles. The molecule has 1 atom stereocenters. The van der Waals surface area contributed by atoms with Crippen molar-refractivity contribution in [2.24, 2.45) is 5.92 Å². The highest BCUT2D eigenvalue weighted by Gasteiger charge is 2.24. The highest BCUT2D eigenvalue weighted by molar-refractivity contribution is 6.71. The van der Waals surface area contributed by atoms with Gasteiger partial charge in [0.1, 0.15) is 0 Å². The molecule has 3 nitrogen and oxygen atoms in total. The molecule has 0 saturated heterocycles. The van der Waals surface area contributed by atoms with Crippen LogP contribution in [0.3, 0.4) is 0 Å². The van der Waals surface area contributed by atoms with Crippen molar-refractivity contribution in [1.29, 1.82) is 0 Å². The van der Waals surface area contributed by atoms with E-state index in [4.69, 9.17) is 8.85 Å². The summed E-state index contributed by atoms with van der Waals surface area (Å²) in [7, 11) is -3.19. The Morgan fingerprint density at radius 1 is 1.06 bits per heavy atom. The molecule has 0 bridgehead atoms. The topological polar surface area (TPSA) is 35.5 Å². The van der Waals surface area contributed by atoms with Crippen molar-refractivity contribution >= 4 is 22.6 Å². The fourth-order valence-electron chi connectivity index (χ4n) is 1.06. The summed E-state index contributed by atoms with van der Waals surface area (Å²) in [5.74, 6) is -0.124. The zero-order valence-corrected chi connectivity index (χ0v) is 13.7. The second-order valence-corrected chi connectivity index (χ2v) is 15.1. The zero-order chi connectivity index (χ0) is 13.0. The van der Waals surface area contributed by atoms with Crippen LogP contribution in [0.4, 0.5) is 0 Å². The summed E-state index contributed by atoms with van der Waals surface area (Å²) in [4.78, 5) is 11.7. The zero-order valence-electron chi connectivity index (χ0n) is 11.7. The Morgan fingerprint density at radius 2 is 1.56 bits per heavy atom. The minimum absolute atomic E-state index is 0.0527. The summed E-state index contributed by atoms with van der Waals surface area (Å²) in [6, 6.07) is 0. The van der Waals surface area contributed by atoms with Gasteiger partial charge >= 0.3 is 0 Å². The van der Waals surface area contributed by atoms with Crippen molar-refractivity contribution in [3.8, 4) is 0 Å². The Balaban J connectivity index is 3.89. The summed E-state index contributed by atoms with van der Waals surface area (Å²) in [6.45, 7) is 15.1. The number of hydrogen-bond donors (Lipinski definition) is 0. The van der Waals surface area contributed by atoms with E-state index in [0.29, 0.717) is 6.61 Å². The Labute approximate surface area is 102 Å². The van der Waals surface area contributed by atoms with Gasteiger partial charge in [0.25, 0.3) is 5.97 Å². The van der Waals surface area contributed by atoms with Crippen molar-refractivity contribution in [1.82, 2.24) is 0 Å². The van der Waals surface area contributed by atoms with Crippen LogP contribution in [0.25, 0.3) is 0 Å². The monoisotopic (exact) mass is 262 g/mol. The Hall–Kier alpha value is -0.136. The van der Waals surface area contributed by atoms with Gasteiger partial charge in [-0.3, -0.25) is 4.79 Å². The number of carbonyl (C=O) groups is 1. The van der Waals surface area contributed by atoms with Crippen molar-refractivity contribution in [2.75, 3.05) is 6.61 Å². The molecule has 0 saturated carbocycles. The van der Waals surface area contributed by atoms with Crippen LogP contribution >= 0.6 is 0 Å². The van der Waals surface area contributed by atoms with E-state index in [1.54, 1.807) is 0 Å². The van der Waals surface area contributed by atoms with Crippen LogP contribution < -0.4 is 0 Å². The molecule has 0 N–H and O–H groups in total. The molecule has 0 aromatic carbocycles. The van der Waals surface area contributed by atoms with Crippen LogP contribution in [-0.2, 0) is 13.6 Å². The molecule has 0 radical (unpaired) electrons. The standard InChI is InChI=1S/C11H26O3Si2/c1-10(8-9-13-15(2,3)4)11(12)14-16(5,6)7/h10H,8-9H2,1-7H3. The SMILES string of the molecule is CC(CCO[Si](C)(C)C)C(=O)O[Si](C)(C)C.